The fourth-order valence-electron chi connectivity index (χ4n) is 0.174. The van der Waals surface area contributed by atoms with Gasteiger partial charge in [0.25, 0.3) is 0 Å². The van der Waals surface area contributed by atoms with Gasteiger partial charge in [-0.3, -0.25) is 0 Å². The van der Waals surface area contributed by atoms with Crippen molar-refractivity contribution < 1.29 is 5.11 Å². The number of hydrogen-bond acceptors (Lipinski definition) is 1. The molecule has 0 spiro atoms. The maximum absolute atomic E-state index is 8.44. The highest BCUT2D eigenvalue weighted by molar-refractivity contribution is 9.11. The van der Waals surface area contributed by atoms with Crippen molar-refractivity contribution in [3.63, 3.8) is 0 Å². The Morgan fingerprint density at radius 3 is 2.43 bits per heavy atom. The highest BCUT2D eigenvalue weighted by Crippen LogP contribution is 2.00. The maximum Gasteiger partial charge on any atom is 0.154 e. The van der Waals surface area contributed by atoms with Crippen LogP contribution in [0.4, 0.5) is 0 Å². The van der Waals surface area contributed by atoms with E-state index >= 15 is 0 Å². The number of hydrogen-bond donors (Lipinski definition) is 1. The summed E-state index contributed by atoms with van der Waals surface area (Å²) < 4.78 is 0.215. The lowest BCUT2D eigenvalue weighted by Crippen LogP contribution is -1.67. The van der Waals surface area contributed by atoms with Crippen molar-refractivity contribution in [3.8, 4) is 0 Å². The van der Waals surface area contributed by atoms with Crippen LogP contribution in [-0.2, 0) is 0 Å². The third kappa shape index (κ3) is 6.50. The molecule has 0 aliphatic heterocycles. The van der Waals surface area contributed by atoms with E-state index in [1.807, 2.05) is 0 Å². The molecular formula is C4H6Br2O. The topological polar surface area (TPSA) is 20.2 Å². The molecule has 1 nitrogen and oxygen atoms in total. The number of allylic oxidation sites excluding steroid dienone is 1. The Balaban J connectivity index is 3.08. The Kier molecular flexibility index (Phi) is 4.99. The molecule has 0 aromatic rings. The molecule has 0 aromatic carbocycles. The first-order valence-corrected chi connectivity index (χ1v) is 3.79. The molecule has 0 saturated carbocycles. The van der Waals surface area contributed by atoms with Crippen LogP contribution in [0, 0.1) is 0 Å². The van der Waals surface area contributed by atoms with Crippen molar-refractivity contribution in [3.05, 3.63) is 10.7 Å². The molecule has 1 N–H and O–H groups in total. The van der Waals surface area contributed by atoms with E-state index in [4.69, 9.17) is 5.11 Å². The Bertz CT molecular complexity index is 66.1. The molecule has 0 aliphatic rings. The monoisotopic (exact) mass is 228 g/mol. The second kappa shape index (κ2) is 4.65. The lowest BCUT2D eigenvalue weighted by molar-refractivity contribution is 0.458. The fourth-order valence-corrected chi connectivity index (χ4v) is 0.631. The zero-order valence-corrected chi connectivity index (χ0v) is 6.87. The van der Waals surface area contributed by atoms with Gasteiger partial charge in [-0.15, -0.1) is 0 Å². The van der Waals surface area contributed by atoms with Crippen molar-refractivity contribution in [1.29, 1.82) is 0 Å². The number of aliphatic hydroxyl groups excluding tert-OH is 1. The summed E-state index contributed by atoms with van der Waals surface area (Å²) in [4.78, 5) is 0. The molecule has 0 aliphatic carbocycles. The molecule has 7 heavy (non-hydrogen) atoms. The molecule has 42 valence electrons. The predicted molar refractivity (Wildman–Crippen MR) is 38.0 cm³/mol. The van der Waals surface area contributed by atoms with Crippen molar-refractivity contribution in [2.24, 2.45) is 0 Å². The van der Waals surface area contributed by atoms with E-state index in [-0.39, 0.29) is 4.67 Å². The first-order chi connectivity index (χ1) is 3.27. The van der Waals surface area contributed by atoms with Crippen molar-refractivity contribution in [2.75, 3.05) is 5.33 Å². The van der Waals surface area contributed by atoms with E-state index in [9.17, 15) is 0 Å². The molecule has 0 amide bonds. The smallest absolute Gasteiger partial charge is 0.154 e. The van der Waals surface area contributed by atoms with E-state index in [0.29, 0.717) is 0 Å². The molecule has 0 saturated heterocycles. The van der Waals surface area contributed by atoms with Gasteiger partial charge in [-0.2, -0.15) is 0 Å². The molecule has 0 fully saturated rings. The number of halogens is 2. The van der Waals surface area contributed by atoms with Crippen LogP contribution in [0.2, 0.25) is 0 Å². The average molecular weight is 230 g/mol. The lowest BCUT2D eigenvalue weighted by atomic mass is 10.5. The van der Waals surface area contributed by atoms with Gasteiger partial charge in [0.2, 0.25) is 0 Å². The minimum atomic E-state index is 0.215. The van der Waals surface area contributed by atoms with Gasteiger partial charge in [0.15, 0.2) is 4.67 Å². The van der Waals surface area contributed by atoms with Crippen LogP contribution in [-0.4, -0.2) is 10.4 Å². The molecular weight excluding hydrogens is 224 g/mol. The van der Waals surface area contributed by atoms with Crippen LogP contribution in [0.5, 0.6) is 0 Å². The van der Waals surface area contributed by atoms with Crippen LogP contribution in [0.3, 0.4) is 0 Å². The number of rotatable bonds is 2. The fraction of sp³-hybridized carbons (Fsp3) is 0.500. The minimum Gasteiger partial charge on any atom is -0.502 e. The largest absolute Gasteiger partial charge is 0.502 e. The first kappa shape index (κ1) is 7.50. The Morgan fingerprint density at radius 1 is 1.71 bits per heavy atom. The summed E-state index contributed by atoms with van der Waals surface area (Å²) in [5.41, 5.74) is 0. The van der Waals surface area contributed by atoms with Crippen molar-refractivity contribution in [1.82, 2.24) is 0 Å². The summed E-state index contributed by atoms with van der Waals surface area (Å²) in [6, 6.07) is 0. The molecule has 0 atom stereocenters. The lowest BCUT2D eigenvalue weighted by Gasteiger charge is -1.81. The Labute approximate surface area is 59.7 Å². The Hall–Kier alpha value is 0.500. The highest BCUT2D eigenvalue weighted by Gasteiger charge is 1.78. The first-order valence-electron chi connectivity index (χ1n) is 1.88. The third-order valence-electron chi connectivity index (χ3n) is 0.422. The summed E-state index contributed by atoms with van der Waals surface area (Å²) in [5.74, 6) is 0. The molecule has 3 heteroatoms. The summed E-state index contributed by atoms with van der Waals surface area (Å²) in [5, 5.41) is 9.33. The zero-order valence-electron chi connectivity index (χ0n) is 3.69. The molecule has 0 unspecified atom stereocenters. The zero-order chi connectivity index (χ0) is 5.70. The van der Waals surface area contributed by atoms with Gasteiger partial charge in [0.1, 0.15) is 0 Å². The van der Waals surface area contributed by atoms with Gasteiger partial charge in [0, 0.05) is 5.33 Å². The summed E-state index contributed by atoms with van der Waals surface area (Å²) in [7, 11) is 0. The van der Waals surface area contributed by atoms with Gasteiger partial charge in [0.05, 0.1) is 0 Å². The van der Waals surface area contributed by atoms with Crippen molar-refractivity contribution >= 4 is 31.9 Å². The summed E-state index contributed by atoms with van der Waals surface area (Å²) in [6.07, 6.45) is 2.55. The van der Waals surface area contributed by atoms with E-state index in [1.54, 1.807) is 6.08 Å². The molecule has 0 heterocycles. The van der Waals surface area contributed by atoms with Crippen LogP contribution in [0.25, 0.3) is 0 Å². The average Bonchev–Trinajstić information content (AvgIpc) is 1.61. The second-order valence-corrected chi connectivity index (χ2v) is 2.61. The molecule has 0 radical (unpaired) electrons. The molecule has 0 rings (SSSR count). The quantitative estimate of drug-likeness (QED) is 0.570. The van der Waals surface area contributed by atoms with Gasteiger partial charge in [-0.1, -0.05) is 15.9 Å². The van der Waals surface area contributed by atoms with Crippen LogP contribution in [0.1, 0.15) is 6.42 Å². The minimum absolute atomic E-state index is 0.215. The standard InChI is InChI=1S/C4H6Br2O/c5-3-1-2-4(6)7/h2,7H,1,3H2. The molecule has 0 aromatic heterocycles. The highest BCUT2D eigenvalue weighted by atomic mass is 79.9. The normalized spacial score (nSPS) is 12.0. The van der Waals surface area contributed by atoms with Gasteiger partial charge in [-0.25, -0.2) is 0 Å². The van der Waals surface area contributed by atoms with Crippen molar-refractivity contribution in [2.45, 2.75) is 6.42 Å². The number of alkyl halides is 1. The maximum atomic E-state index is 8.44. The SMILES string of the molecule is OC(Br)=CCCBr. The van der Waals surface area contributed by atoms with E-state index in [2.05, 4.69) is 31.9 Å². The van der Waals surface area contributed by atoms with Crippen LogP contribution >= 0.6 is 31.9 Å². The van der Waals surface area contributed by atoms with Gasteiger partial charge in [-0.05, 0) is 28.4 Å². The van der Waals surface area contributed by atoms with E-state index in [0.717, 1.165) is 11.8 Å². The van der Waals surface area contributed by atoms with E-state index in [1.165, 1.54) is 0 Å². The molecule has 0 bridgehead atoms. The summed E-state index contributed by atoms with van der Waals surface area (Å²) >= 11 is 6.07. The Morgan fingerprint density at radius 2 is 2.29 bits per heavy atom. The number of aliphatic hydroxyl groups is 1. The third-order valence-corrected chi connectivity index (χ3v) is 1.20. The van der Waals surface area contributed by atoms with E-state index < -0.39 is 0 Å². The van der Waals surface area contributed by atoms with Crippen LogP contribution in [0.15, 0.2) is 10.7 Å². The van der Waals surface area contributed by atoms with Gasteiger partial charge < -0.3 is 5.11 Å². The van der Waals surface area contributed by atoms with Gasteiger partial charge >= 0.3 is 0 Å². The second-order valence-electron chi connectivity index (χ2n) is 1.00. The predicted octanol–water partition coefficient (Wildman–Crippen LogP) is 2.57. The summed E-state index contributed by atoms with van der Waals surface area (Å²) in [6.45, 7) is 0. The van der Waals surface area contributed by atoms with Crippen LogP contribution < -0.4 is 0 Å².